The minimum Gasteiger partial charge on any atom is -0.0836 e. The van der Waals surface area contributed by atoms with Crippen molar-refractivity contribution in [2.24, 2.45) is 0 Å². The van der Waals surface area contributed by atoms with Gasteiger partial charge in [0.15, 0.2) is 0 Å². The molecule has 0 aliphatic carbocycles. The van der Waals surface area contributed by atoms with Gasteiger partial charge in [0, 0.05) is 16.7 Å². The van der Waals surface area contributed by atoms with Gasteiger partial charge in [0.2, 0.25) is 0 Å². The van der Waals surface area contributed by atoms with E-state index < -0.39 is 0 Å². The number of rotatable bonds is 1. The molecule has 0 unspecified atom stereocenters. The maximum Gasteiger partial charge on any atom is 0.0578 e. The average Bonchev–Trinajstić information content (AvgIpc) is 2.20. The molecule has 2 aromatic rings. The number of benzene rings is 2. The molecule has 0 aromatic heterocycles. The SMILES string of the molecule is Cc1ccc(-c2c(Cl)[c]ccc2Cl)cc1. The fourth-order valence-corrected chi connectivity index (χ4v) is 2.02. The summed E-state index contributed by atoms with van der Waals surface area (Å²) in [6, 6.07) is 14.5. The lowest BCUT2D eigenvalue weighted by Crippen LogP contribution is -1.82. The molecule has 0 spiro atoms. The predicted molar refractivity (Wildman–Crippen MR) is 65.5 cm³/mol. The average molecular weight is 236 g/mol. The van der Waals surface area contributed by atoms with Gasteiger partial charge in [0.1, 0.15) is 0 Å². The molecular weight excluding hydrogens is 227 g/mol. The van der Waals surface area contributed by atoms with Crippen molar-refractivity contribution in [1.29, 1.82) is 0 Å². The van der Waals surface area contributed by atoms with Gasteiger partial charge < -0.3 is 0 Å². The Balaban J connectivity index is 2.58. The summed E-state index contributed by atoms with van der Waals surface area (Å²) >= 11 is 12.2. The molecule has 0 atom stereocenters. The second-order valence-corrected chi connectivity index (χ2v) is 4.17. The third-order valence-electron chi connectivity index (χ3n) is 2.24. The quantitative estimate of drug-likeness (QED) is 0.669. The fourth-order valence-electron chi connectivity index (χ4n) is 1.43. The van der Waals surface area contributed by atoms with E-state index in [1.54, 1.807) is 12.1 Å². The highest BCUT2D eigenvalue weighted by molar-refractivity contribution is 6.39. The van der Waals surface area contributed by atoms with Gasteiger partial charge in [-0.15, -0.1) is 0 Å². The van der Waals surface area contributed by atoms with Crippen LogP contribution in [0.3, 0.4) is 0 Å². The number of aryl methyl sites for hydroxylation is 1. The van der Waals surface area contributed by atoms with Crippen molar-refractivity contribution in [3.63, 3.8) is 0 Å². The first-order valence-corrected chi connectivity index (χ1v) is 5.37. The number of halogens is 2. The summed E-state index contributed by atoms with van der Waals surface area (Å²) < 4.78 is 0. The van der Waals surface area contributed by atoms with E-state index in [-0.39, 0.29) is 0 Å². The Morgan fingerprint density at radius 3 is 2.27 bits per heavy atom. The monoisotopic (exact) mass is 235 g/mol. The normalized spacial score (nSPS) is 10.3. The summed E-state index contributed by atoms with van der Waals surface area (Å²) in [6.45, 7) is 2.05. The molecule has 0 amide bonds. The molecule has 15 heavy (non-hydrogen) atoms. The third kappa shape index (κ3) is 2.17. The van der Waals surface area contributed by atoms with Gasteiger partial charge in [-0.05, 0) is 18.6 Å². The van der Waals surface area contributed by atoms with Crippen molar-refractivity contribution in [2.75, 3.05) is 0 Å². The van der Waals surface area contributed by atoms with Gasteiger partial charge in [-0.2, -0.15) is 0 Å². The van der Waals surface area contributed by atoms with Crippen LogP contribution in [0.1, 0.15) is 5.56 Å². The highest BCUT2D eigenvalue weighted by Crippen LogP contribution is 2.34. The predicted octanol–water partition coefficient (Wildman–Crippen LogP) is 4.77. The van der Waals surface area contributed by atoms with Gasteiger partial charge in [0.25, 0.3) is 0 Å². The molecule has 0 saturated carbocycles. The zero-order valence-corrected chi connectivity index (χ0v) is 9.73. The van der Waals surface area contributed by atoms with Crippen molar-refractivity contribution in [3.05, 3.63) is 58.1 Å². The first-order valence-electron chi connectivity index (χ1n) is 4.61. The Hall–Kier alpha value is -0.980. The Morgan fingerprint density at radius 1 is 1.00 bits per heavy atom. The number of hydrogen-bond acceptors (Lipinski definition) is 0. The lowest BCUT2D eigenvalue weighted by molar-refractivity contribution is 1.47. The molecule has 2 heteroatoms. The van der Waals surface area contributed by atoms with Crippen molar-refractivity contribution < 1.29 is 0 Å². The largest absolute Gasteiger partial charge is 0.0836 e. The fraction of sp³-hybridized carbons (Fsp3) is 0.0769. The molecule has 0 aliphatic heterocycles. The maximum absolute atomic E-state index is 6.10. The van der Waals surface area contributed by atoms with Crippen molar-refractivity contribution in [1.82, 2.24) is 0 Å². The second-order valence-electron chi connectivity index (χ2n) is 3.38. The molecule has 0 bridgehead atoms. The summed E-state index contributed by atoms with van der Waals surface area (Å²) in [5.41, 5.74) is 3.08. The zero-order valence-electron chi connectivity index (χ0n) is 8.22. The van der Waals surface area contributed by atoms with E-state index >= 15 is 0 Å². The molecule has 2 rings (SSSR count). The van der Waals surface area contributed by atoms with Crippen molar-refractivity contribution in [3.8, 4) is 11.1 Å². The Morgan fingerprint density at radius 2 is 1.67 bits per heavy atom. The minimum atomic E-state index is 0.561. The topological polar surface area (TPSA) is 0 Å². The lowest BCUT2D eigenvalue weighted by atomic mass is 10.0. The van der Waals surface area contributed by atoms with Crippen LogP contribution in [-0.2, 0) is 0 Å². The maximum atomic E-state index is 6.10. The van der Waals surface area contributed by atoms with Crippen molar-refractivity contribution in [2.45, 2.75) is 6.92 Å². The molecule has 0 heterocycles. The smallest absolute Gasteiger partial charge is 0.0578 e. The second kappa shape index (κ2) is 4.26. The summed E-state index contributed by atoms with van der Waals surface area (Å²) in [4.78, 5) is 0. The van der Waals surface area contributed by atoms with Crippen LogP contribution in [0.25, 0.3) is 11.1 Å². The highest BCUT2D eigenvalue weighted by Gasteiger charge is 2.07. The van der Waals surface area contributed by atoms with Gasteiger partial charge in [0.05, 0.1) is 5.02 Å². The van der Waals surface area contributed by atoms with Gasteiger partial charge in [-0.25, -0.2) is 0 Å². The molecule has 0 nitrogen and oxygen atoms in total. The molecule has 0 aliphatic rings. The van der Waals surface area contributed by atoms with E-state index in [9.17, 15) is 0 Å². The summed E-state index contributed by atoms with van der Waals surface area (Å²) in [5, 5.41) is 1.22. The van der Waals surface area contributed by atoms with E-state index in [0.717, 1.165) is 11.1 Å². The Labute approximate surface area is 99.5 Å². The van der Waals surface area contributed by atoms with Gasteiger partial charge in [-0.1, -0.05) is 59.1 Å². The van der Waals surface area contributed by atoms with E-state index in [4.69, 9.17) is 23.2 Å². The molecule has 0 saturated heterocycles. The molecule has 0 fully saturated rings. The lowest BCUT2D eigenvalue weighted by Gasteiger charge is -2.06. The van der Waals surface area contributed by atoms with Crippen LogP contribution >= 0.6 is 23.2 Å². The van der Waals surface area contributed by atoms with Crippen LogP contribution in [0.5, 0.6) is 0 Å². The van der Waals surface area contributed by atoms with Crippen LogP contribution in [0.4, 0.5) is 0 Å². The first kappa shape index (κ1) is 10.5. The van der Waals surface area contributed by atoms with Gasteiger partial charge >= 0.3 is 0 Å². The standard InChI is InChI=1S/C13H9Cl2/c1-9-5-7-10(8-6-9)13-11(14)3-2-4-12(13)15/h2-3,5-8H,1H3. The first-order chi connectivity index (χ1) is 7.18. The summed E-state index contributed by atoms with van der Waals surface area (Å²) in [7, 11) is 0. The highest BCUT2D eigenvalue weighted by atomic mass is 35.5. The Kier molecular flexibility index (Phi) is 2.99. The molecule has 1 radical (unpaired) electrons. The van der Waals surface area contributed by atoms with Gasteiger partial charge in [-0.3, -0.25) is 0 Å². The molecule has 0 N–H and O–H groups in total. The zero-order chi connectivity index (χ0) is 10.8. The summed E-state index contributed by atoms with van der Waals surface area (Å²) in [5.74, 6) is 0. The van der Waals surface area contributed by atoms with Crippen LogP contribution in [0, 0.1) is 13.0 Å². The van der Waals surface area contributed by atoms with E-state index in [2.05, 4.69) is 6.07 Å². The van der Waals surface area contributed by atoms with Crippen molar-refractivity contribution >= 4 is 23.2 Å². The Bertz CT molecular complexity index is 452. The summed E-state index contributed by atoms with van der Waals surface area (Å²) in [6.07, 6.45) is 0. The molecule has 2 aromatic carbocycles. The molecular formula is C13H9Cl2. The van der Waals surface area contributed by atoms with Crippen LogP contribution in [-0.4, -0.2) is 0 Å². The number of hydrogen-bond donors (Lipinski definition) is 0. The van der Waals surface area contributed by atoms with E-state index in [1.165, 1.54) is 5.56 Å². The third-order valence-corrected chi connectivity index (χ3v) is 2.85. The minimum absolute atomic E-state index is 0.561. The van der Waals surface area contributed by atoms with Crippen LogP contribution < -0.4 is 0 Å². The van der Waals surface area contributed by atoms with E-state index in [1.807, 2.05) is 31.2 Å². The van der Waals surface area contributed by atoms with Crippen LogP contribution in [0.2, 0.25) is 10.0 Å². The van der Waals surface area contributed by atoms with E-state index in [0.29, 0.717) is 10.0 Å². The molecule has 75 valence electrons. The van der Waals surface area contributed by atoms with Crippen LogP contribution in [0.15, 0.2) is 36.4 Å².